The third-order valence-electron chi connectivity index (χ3n) is 4.96. The lowest BCUT2D eigenvalue weighted by molar-refractivity contribution is 0.102. The number of carbonyl (C=O) groups excluding carboxylic acids is 1. The standard InChI is InChI=1S/C24H23N3O7/c1-14-9-21-25-16(12-22(28)27(21)34-14)13-33-18-8-6-5-7-17(18)26-24(29)15-10-19(30-2)23(32-4)20(11-15)31-3/h5-12H,13H2,1-4H3,(H,26,29). The summed E-state index contributed by atoms with van der Waals surface area (Å²) in [5, 5.41) is 2.83. The highest BCUT2D eigenvalue weighted by molar-refractivity contribution is 6.05. The number of hydrogen-bond donors (Lipinski definition) is 1. The first kappa shape index (κ1) is 22.7. The maximum absolute atomic E-state index is 13.0. The average molecular weight is 465 g/mol. The van der Waals surface area contributed by atoms with Gasteiger partial charge in [-0.25, -0.2) is 4.98 Å². The van der Waals surface area contributed by atoms with E-state index in [2.05, 4.69) is 10.3 Å². The molecule has 0 bridgehead atoms. The molecule has 0 saturated carbocycles. The van der Waals surface area contributed by atoms with Crippen LogP contribution in [0.15, 0.2) is 57.8 Å². The van der Waals surface area contributed by atoms with Gasteiger partial charge < -0.3 is 28.8 Å². The van der Waals surface area contributed by atoms with Gasteiger partial charge in [-0.05, 0) is 31.2 Å². The van der Waals surface area contributed by atoms with Gasteiger partial charge in [0.05, 0.1) is 32.7 Å². The van der Waals surface area contributed by atoms with Gasteiger partial charge in [-0.1, -0.05) is 12.1 Å². The molecule has 0 atom stereocenters. The number of rotatable bonds is 8. The molecule has 2 aromatic heterocycles. The summed E-state index contributed by atoms with van der Waals surface area (Å²) < 4.78 is 28.2. The summed E-state index contributed by atoms with van der Waals surface area (Å²) in [7, 11) is 4.44. The van der Waals surface area contributed by atoms with Gasteiger partial charge >= 0.3 is 0 Å². The number of ether oxygens (including phenoxy) is 4. The van der Waals surface area contributed by atoms with Crippen LogP contribution in [0.5, 0.6) is 23.0 Å². The van der Waals surface area contributed by atoms with E-state index in [1.165, 1.54) is 27.4 Å². The smallest absolute Gasteiger partial charge is 0.287 e. The normalized spacial score (nSPS) is 10.7. The van der Waals surface area contributed by atoms with Crippen molar-refractivity contribution in [3.63, 3.8) is 0 Å². The molecule has 2 aromatic carbocycles. The number of aryl methyl sites for hydroxylation is 1. The lowest BCUT2D eigenvalue weighted by atomic mass is 10.1. The van der Waals surface area contributed by atoms with Crippen molar-refractivity contribution in [3.05, 3.63) is 75.9 Å². The Morgan fingerprint density at radius 1 is 1.00 bits per heavy atom. The summed E-state index contributed by atoms with van der Waals surface area (Å²) in [5.74, 6) is 1.69. The van der Waals surface area contributed by atoms with Crippen molar-refractivity contribution < 1.29 is 28.3 Å². The van der Waals surface area contributed by atoms with Gasteiger partial charge in [0.1, 0.15) is 18.1 Å². The van der Waals surface area contributed by atoms with E-state index >= 15 is 0 Å². The number of anilines is 1. The van der Waals surface area contributed by atoms with E-state index in [1.807, 2.05) is 0 Å². The number of nitrogens with zero attached hydrogens (tertiary/aromatic N) is 2. The number of fused-ring (bicyclic) bond motifs is 1. The van der Waals surface area contributed by atoms with E-state index in [4.69, 9.17) is 23.5 Å². The second-order valence-electron chi connectivity index (χ2n) is 7.24. The molecule has 4 rings (SSSR count). The molecule has 1 N–H and O–H groups in total. The van der Waals surface area contributed by atoms with E-state index in [-0.39, 0.29) is 12.2 Å². The quantitative estimate of drug-likeness (QED) is 0.421. The molecular weight excluding hydrogens is 442 g/mol. The number of amides is 1. The molecular formula is C24H23N3O7. The molecule has 0 saturated heterocycles. The van der Waals surface area contributed by atoms with Gasteiger partial charge in [0.25, 0.3) is 11.5 Å². The molecule has 10 heteroatoms. The Balaban J connectivity index is 1.55. The molecule has 34 heavy (non-hydrogen) atoms. The van der Waals surface area contributed by atoms with Crippen molar-refractivity contribution in [3.8, 4) is 23.0 Å². The third kappa shape index (κ3) is 4.51. The third-order valence-corrected chi connectivity index (χ3v) is 4.96. The summed E-state index contributed by atoms with van der Waals surface area (Å²) in [4.78, 5) is 29.6. The molecule has 0 spiro atoms. The molecule has 10 nitrogen and oxygen atoms in total. The monoisotopic (exact) mass is 465 g/mol. The number of aromatic nitrogens is 2. The maximum atomic E-state index is 13.0. The predicted molar refractivity (Wildman–Crippen MR) is 123 cm³/mol. The largest absolute Gasteiger partial charge is 0.493 e. The van der Waals surface area contributed by atoms with Crippen molar-refractivity contribution in [2.24, 2.45) is 0 Å². The molecule has 2 heterocycles. The van der Waals surface area contributed by atoms with Gasteiger partial charge in [0.15, 0.2) is 17.1 Å². The topological polar surface area (TPSA) is 114 Å². The Hall–Kier alpha value is -4.47. The molecule has 0 fully saturated rings. The van der Waals surface area contributed by atoms with Gasteiger partial charge in [-0.3, -0.25) is 9.59 Å². The Morgan fingerprint density at radius 3 is 2.38 bits per heavy atom. The number of hydrogen-bond acceptors (Lipinski definition) is 8. The molecule has 0 aliphatic heterocycles. The fourth-order valence-corrected chi connectivity index (χ4v) is 3.40. The summed E-state index contributed by atoms with van der Waals surface area (Å²) in [6.07, 6.45) is 0. The number of para-hydroxylation sites is 2. The van der Waals surface area contributed by atoms with Gasteiger partial charge in [0, 0.05) is 17.7 Å². The molecule has 1 amide bonds. The fraction of sp³-hybridized carbons (Fsp3) is 0.208. The van der Waals surface area contributed by atoms with Crippen molar-refractivity contribution in [2.75, 3.05) is 26.6 Å². The average Bonchev–Trinajstić information content (AvgIpc) is 3.23. The first-order valence-corrected chi connectivity index (χ1v) is 10.3. The van der Waals surface area contributed by atoms with E-state index in [0.717, 1.165) is 4.57 Å². The van der Waals surface area contributed by atoms with Crippen LogP contribution in [0, 0.1) is 6.92 Å². The van der Waals surface area contributed by atoms with Crippen molar-refractivity contribution in [1.82, 2.24) is 9.56 Å². The van der Waals surface area contributed by atoms with Gasteiger partial charge in [-0.2, -0.15) is 0 Å². The van der Waals surface area contributed by atoms with E-state index in [0.29, 0.717) is 51.4 Å². The highest BCUT2D eigenvalue weighted by atomic mass is 16.5. The molecule has 0 radical (unpaired) electrons. The van der Waals surface area contributed by atoms with Crippen LogP contribution in [0.25, 0.3) is 5.65 Å². The number of methoxy groups -OCH3 is 3. The molecule has 176 valence electrons. The summed E-state index contributed by atoms with van der Waals surface area (Å²) in [5.41, 5.74) is 1.22. The first-order chi connectivity index (χ1) is 16.4. The Labute approximate surface area is 194 Å². The number of nitrogens with one attached hydrogen (secondary N) is 1. The van der Waals surface area contributed by atoms with Crippen LogP contribution in [-0.4, -0.2) is 36.8 Å². The molecule has 4 aromatic rings. The van der Waals surface area contributed by atoms with Crippen LogP contribution in [0.3, 0.4) is 0 Å². The lowest BCUT2D eigenvalue weighted by Gasteiger charge is -2.15. The second-order valence-corrected chi connectivity index (χ2v) is 7.24. The van der Waals surface area contributed by atoms with Crippen LogP contribution >= 0.6 is 0 Å². The van der Waals surface area contributed by atoms with Crippen LogP contribution in [0.1, 0.15) is 21.8 Å². The SMILES string of the molecule is COc1cc(C(=O)Nc2ccccc2OCc2cc(=O)n3oc(C)cc3n2)cc(OC)c1OC. The van der Waals surface area contributed by atoms with Crippen LogP contribution in [0.4, 0.5) is 5.69 Å². The zero-order valence-corrected chi connectivity index (χ0v) is 19.1. The summed E-state index contributed by atoms with van der Waals surface area (Å²) >= 11 is 0. The van der Waals surface area contributed by atoms with Crippen LogP contribution in [0.2, 0.25) is 0 Å². The Bertz CT molecular complexity index is 1380. The highest BCUT2D eigenvalue weighted by Crippen LogP contribution is 2.38. The van der Waals surface area contributed by atoms with Crippen LogP contribution < -0.4 is 29.8 Å². The van der Waals surface area contributed by atoms with E-state index < -0.39 is 5.91 Å². The predicted octanol–water partition coefficient (Wildman–Crippen LogP) is 3.45. The number of carbonyl (C=O) groups is 1. The second kappa shape index (κ2) is 9.57. The minimum Gasteiger partial charge on any atom is -0.493 e. The van der Waals surface area contributed by atoms with Crippen molar-refractivity contribution in [1.29, 1.82) is 0 Å². The first-order valence-electron chi connectivity index (χ1n) is 10.3. The Kier molecular flexibility index (Phi) is 6.39. The zero-order chi connectivity index (χ0) is 24.2. The molecule has 0 aliphatic rings. The fourth-order valence-electron chi connectivity index (χ4n) is 3.40. The highest BCUT2D eigenvalue weighted by Gasteiger charge is 2.18. The van der Waals surface area contributed by atoms with Gasteiger partial charge in [-0.15, -0.1) is 4.57 Å². The maximum Gasteiger partial charge on any atom is 0.287 e. The van der Waals surface area contributed by atoms with E-state index in [9.17, 15) is 9.59 Å². The summed E-state index contributed by atoms with van der Waals surface area (Å²) in [6, 6.07) is 13.1. The van der Waals surface area contributed by atoms with Crippen molar-refractivity contribution >= 4 is 17.2 Å². The van der Waals surface area contributed by atoms with E-state index in [1.54, 1.807) is 49.4 Å². The molecule has 0 aliphatic carbocycles. The zero-order valence-electron chi connectivity index (χ0n) is 19.1. The Morgan fingerprint density at radius 2 is 1.71 bits per heavy atom. The summed E-state index contributed by atoms with van der Waals surface area (Å²) in [6.45, 7) is 1.75. The van der Waals surface area contributed by atoms with Crippen LogP contribution in [-0.2, 0) is 6.61 Å². The lowest BCUT2D eigenvalue weighted by Crippen LogP contribution is -2.15. The van der Waals surface area contributed by atoms with Gasteiger partial charge in [0.2, 0.25) is 5.75 Å². The minimum absolute atomic E-state index is 0.0209. The van der Waals surface area contributed by atoms with Crippen molar-refractivity contribution in [2.45, 2.75) is 13.5 Å². The number of benzene rings is 2. The minimum atomic E-state index is -0.401. The molecule has 0 unspecified atom stereocenters.